The molecule has 2 rings (SSSR count). The number of hydrogen-bond acceptors (Lipinski definition) is 3. The molecule has 5 nitrogen and oxygen atoms in total. The van der Waals surface area contributed by atoms with E-state index in [2.05, 4.69) is 5.32 Å². The van der Waals surface area contributed by atoms with Gasteiger partial charge in [-0.25, -0.2) is 4.39 Å². The largest absolute Gasteiger partial charge is 0.483 e. The summed E-state index contributed by atoms with van der Waals surface area (Å²) >= 11 is 0. The number of aryl methyl sites for hydroxylation is 2. The highest BCUT2D eigenvalue weighted by Crippen LogP contribution is 2.20. The standard InChI is InChI=1S/C22H27FN2O3/c1-5-19(22(27)24-4)25(13-17-8-10-18(23)11-9-17)21(26)14-28-20-12-15(2)6-7-16(20)3/h6-12,19H,5,13-14H2,1-4H3,(H,24,27). The molecule has 0 saturated carbocycles. The van der Waals surface area contributed by atoms with E-state index in [0.29, 0.717) is 12.2 Å². The molecule has 2 aromatic rings. The van der Waals surface area contributed by atoms with Crippen LogP contribution in [-0.2, 0) is 16.1 Å². The molecule has 1 N–H and O–H groups in total. The Hall–Kier alpha value is -2.89. The van der Waals surface area contributed by atoms with Crippen molar-refractivity contribution in [2.45, 2.75) is 39.8 Å². The quantitative estimate of drug-likeness (QED) is 0.757. The zero-order chi connectivity index (χ0) is 20.7. The molecule has 2 amide bonds. The third kappa shape index (κ3) is 5.55. The van der Waals surface area contributed by atoms with Crippen molar-refractivity contribution in [2.75, 3.05) is 13.7 Å². The minimum Gasteiger partial charge on any atom is -0.483 e. The number of carbonyl (C=O) groups is 2. The van der Waals surface area contributed by atoms with Crippen LogP contribution >= 0.6 is 0 Å². The van der Waals surface area contributed by atoms with E-state index in [1.54, 1.807) is 12.1 Å². The van der Waals surface area contributed by atoms with Crippen LogP contribution in [0.2, 0.25) is 0 Å². The predicted molar refractivity (Wildman–Crippen MR) is 107 cm³/mol. The molecule has 0 bridgehead atoms. The van der Waals surface area contributed by atoms with Gasteiger partial charge in [-0.1, -0.05) is 31.2 Å². The van der Waals surface area contributed by atoms with Gasteiger partial charge in [-0.3, -0.25) is 9.59 Å². The lowest BCUT2D eigenvalue weighted by atomic mass is 10.1. The number of carbonyl (C=O) groups excluding carboxylic acids is 2. The summed E-state index contributed by atoms with van der Waals surface area (Å²) in [6, 6.07) is 11.0. The van der Waals surface area contributed by atoms with E-state index in [4.69, 9.17) is 4.74 Å². The second-order valence-electron chi connectivity index (χ2n) is 6.74. The zero-order valence-electron chi connectivity index (χ0n) is 16.8. The molecule has 1 atom stereocenters. The van der Waals surface area contributed by atoms with Gasteiger partial charge in [-0.15, -0.1) is 0 Å². The Labute approximate surface area is 165 Å². The topological polar surface area (TPSA) is 58.6 Å². The Morgan fingerprint density at radius 2 is 1.82 bits per heavy atom. The molecule has 6 heteroatoms. The minimum absolute atomic E-state index is 0.182. The monoisotopic (exact) mass is 386 g/mol. The molecule has 0 aliphatic carbocycles. The lowest BCUT2D eigenvalue weighted by Crippen LogP contribution is -2.49. The van der Waals surface area contributed by atoms with E-state index in [-0.39, 0.29) is 30.8 Å². The van der Waals surface area contributed by atoms with Crippen LogP contribution in [0.25, 0.3) is 0 Å². The molecular formula is C22H27FN2O3. The second kappa shape index (κ2) is 9.88. The van der Waals surface area contributed by atoms with Crippen molar-refractivity contribution < 1.29 is 18.7 Å². The second-order valence-corrected chi connectivity index (χ2v) is 6.74. The molecule has 0 aliphatic heterocycles. The fourth-order valence-corrected chi connectivity index (χ4v) is 2.96. The van der Waals surface area contributed by atoms with Gasteiger partial charge in [-0.05, 0) is 55.2 Å². The van der Waals surface area contributed by atoms with Crippen LogP contribution in [0.15, 0.2) is 42.5 Å². The van der Waals surface area contributed by atoms with Gasteiger partial charge in [-0.2, -0.15) is 0 Å². The maximum atomic E-state index is 13.2. The summed E-state index contributed by atoms with van der Waals surface area (Å²) in [5.74, 6) is -0.258. The highest BCUT2D eigenvalue weighted by Gasteiger charge is 2.28. The first-order valence-corrected chi connectivity index (χ1v) is 9.31. The highest BCUT2D eigenvalue weighted by molar-refractivity contribution is 5.88. The van der Waals surface area contributed by atoms with Crippen LogP contribution in [-0.4, -0.2) is 36.4 Å². The molecule has 0 heterocycles. The van der Waals surface area contributed by atoms with Gasteiger partial charge in [0.15, 0.2) is 6.61 Å². The molecule has 0 aromatic heterocycles. The Balaban J connectivity index is 2.20. The molecule has 0 fully saturated rings. The van der Waals surface area contributed by atoms with Crippen LogP contribution in [0.5, 0.6) is 5.75 Å². The average molecular weight is 386 g/mol. The molecule has 0 saturated heterocycles. The molecule has 0 spiro atoms. The number of hydrogen-bond donors (Lipinski definition) is 1. The van der Waals surface area contributed by atoms with Crippen LogP contribution in [0.1, 0.15) is 30.0 Å². The molecular weight excluding hydrogens is 359 g/mol. The van der Waals surface area contributed by atoms with Gasteiger partial charge in [0, 0.05) is 13.6 Å². The summed E-state index contributed by atoms with van der Waals surface area (Å²) < 4.78 is 18.9. The number of amides is 2. The summed E-state index contributed by atoms with van der Waals surface area (Å²) in [6.07, 6.45) is 0.454. The van der Waals surface area contributed by atoms with Crippen molar-refractivity contribution in [3.63, 3.8) is 0 Å². The first-order chi connectivity index (χ1) is 13.3. The fraction of sp³-hybridized carbons (Fsp3) is 0.364. The molecule has 28 heavy (non-hydrogen) atoms. The van der Waals surface area contributed by atoms with E-state index in [1.807, 2.05) is 39.0 Å². The third-order valence-electron chi connectivity index (χ3n) is 4.59. The van der Waals surface area contributed by atoms with Crippen molar-refractivity contribution in [3.8, 4) is 5.75 Å². The van der Waals surface area contributed by atoms with Crippen LogP contribution in [0.3, 0.4) is 0 Å². The number of likely N-dealkylation sites (N-methyl/N-ethyl adjacent to an activating group) is 1. The normalized spacial score (nSPS) is 11.6. The molecule has 2 aromatic carbocycles. The summed E-state index contributed by atoms with van der Waals surface area (Å²) in [4.78, 5) is 26.7. The predicted octanol–water partition coefficient (Wildman–Crippen LogP) is 3.37. The molecule has 0 radical (unpaired) electrons. The molecule has 0 aliphatic rings. The Morgan fingerprint density at radius 3 is 2.43 bits per heavy atom. The summed E-state index contributed by atoms with van der Waals surface area (Å²) in [6.45, 7) is 5.72. The van der Waals surface area contributed by atoms with Gasteiger partial charge in [0.2, 0.25) is 5.91 Å². The van der Waals surface area contributed by atoms with Gasteiger partial charge < -0.3 is 15.0 Å². The van der Waals surface area contributed by atoms with E-state index < -0.39 is 6.04 Å². The Bertz CT molecular complexity index is 821. The number of benzene rings is 2. The highest BCUT2D eigenvalue weighted by atomic mass is 19.1. The summed E-state index contributed by atoms with van der Waals surface area (Å²) in [5, 5.41) is 2.60. The van der Waals surface area contributed by atoms with Gasteiger partial charge in [0.25, 0.3) is 5.91 Å². The minimum atomic E-state index is -0.634. The smallest absolute Gasteiger partial charge is 0.261 e. The molecule has 1 unspecified atom stereocenters. The zero-order valence-corrected chi connectivity index (χ0v) is 16.8. The summed E-state index contributed by atoms with van der Waals surface area (Å²) in [5.41, 5.74) is 2.71. The van der Waals surface area contributed by atoms with Crippen molar-refractivity contribution in [3.05, 3.63) is 65.0 Å². The lowest BCUT2D eigenvalue weighted by Gasteiger charge is -2.30. The number of halogens is 1. The SMILES string of the molecule is CCC(C(=O)NC)N(Cc1ccc(F)cc1)C(=O)COc1cc(C)ccc1C. The number of rotatable bonds is 8. The first-order valence-electron chi connectivity index (χ1n) is 9.31. The van der Waals surface area contributed by atoms with E-state index in [0.717, 1.165) is 16.7 Å². The lowest BCUT2D eigenvalue weighted by molar-refractivity contribution is -0.142. The molecule has 150 valence electrons. The number of nitrogens with one attached hydrogen (secondary N) is 1. The maximum absolute atomic E-state index is 13.2. The Kier molecular flexibility index (Phi) is 7.55. The van der Waals surface area contributed by atoms with Crippen molar-refractivity contribution in [1.82, 2.24) is 10.2 Å². The van der Waals surface area contributed by atoms with Gasteiger partial charge >= 0.3 is 0 Å². The fourth-order valence-electron chi connectivity index (χ4n) is 2.96. The van der Waals surface area contributed by atoms with E-state index >= 15 is 0 Å². The van der Waals surface area contributed by atoms with E-state index in [1.165, 1.54) is 24.1 Å². The van der Waals surface area contributed by atoms with Crippen LogP contribution in [0.4, 0.5) is 4.39 Å². The first kappa shape index (κ1) is 21.4. The number of nitrogens with zero attached hydrogens (tertiary/aromatic N) is 1. The maximum Gasteiger partial charge on any atom is 0.261 e. The van der Waals surface area contributed by atoms with Crippen molar-refractivity contribution in [1.29, 1.82) is 0 Å². The van der Waals surface area contributed by atoms with Crippen molar-refractivity contribution in [2.24, 2.45) is 0 Å². The van der Waals surface area contributed by atoms with Gasteiger partial charge in [0.05, 0.1) is 0 Å². The van der Waals surface area contributed by atoms with Crippen molar-refractivity contribution >= 4 is 11.8 Å². The summed E-state index contributed by atoms with van der Waals surface area (Å²) in [7, 11) is 1.54. The van der Waals surface area contributed by atoms with Crippen LogP contribution in [0, 0.1) is 19.7 Å². The van der Waals surface area contributed by atoms with Crippen LogP contribution < -0.4 is 10.1 Å². The Morgan fingerprint density at radius 1 is 1.14 bits per heavy atom. The third-order valence-corrected chi connectivity index (χ3v) is 4.59. The number of ether oxygens (including phenoxy) is 1. The van der Waals surface area contributed by atoms with E-state index in [9.17, 15) is 14.0 Å². The van der Waals surface area contributed by atoms with Gasteiger partial charge in [0.1, 0.15) is 17.6 Å². The average Bonchev–Trinajstić information content (AvgIpc) is 2.69.